The molecule has 6 nitrogen and oxygen atoms in total. The molecule has 0 atom stereocenters. The van der Waals surface area contributed by atoms with Crippen LogP contribution >= 0.6 is 27.5 Å². The molecule has 4 rings (SSSR count). The highest BCUT2D eigenvalue weighted by atomic mass is 79.9. The lowest BCUT2D eigenvalue weighted by Crippen LogP contribution is -2.49. The Kier molecular flexibility index (Phi) is 6.11. The second-order valence-electron chi connectivity index (χ2n) is 7.37. The first kappa shape index (κ1) is 20.9. The highest BCUT2D eigenvalue weighted by Gasteiger charge is 2.35. The molecule has 2 aliphatic heterocycles. The van der Waals surface area contributed by atoms with Crippen molar-refractivity contribution in [3.8, 4) is 0 Å². The van der Waals surface area contributed by atoms with E-state index in [1.165, 1.54) is 4.90 Å². The zero-order valence-electron chi connectivity index (χ0n) is 16.3. The second kappa shape index (κ2) is 8.78. The molecule has 2 aliphatic rings. The number of anilines is 1. The van der Waals surface area contributed by atoms with E-state index in [-0.39, 0.29) is 24.3 Å². The Labute approximate surface area is 188 Å². The summed E-state index contributed by atoms with van der Waals surface area (Å²) in [7, 11) is 0. The third-order valence-corrected chi connectivity index (χ3v) is 6.34. The molecule has 156 valence electrons. The standard InChI is InChI=1S/C22H21BrClN3O3/c23-15-7-8-16-17(14-15)22(30)27(21(16)29)9-3-6-20(28)26-12-10-25(11-13-26)19-5-2-1-4-18(19)24/h1-2,4-5,7-8,14H,3,6,9-13H2. The quantitative estimate of drug-likeness (QED) is 0.598. The van der Waals surface area contributed by atoms with E-state index < -0.39 is 0 Å². The molecule has 30 heavy (non-hydrogen) atoms. The fourth-order valence-electron chi connectivity index (χ4n) is 3.92. The van der Waals surface area contributed by atoms with E-state index in [0.29, 0.717) is 42.1 Å². The van der Waals surface area contributed by atoms with Crippen LogP contribution in [0.3, 0.4) is 0 Å². The van der Waals surface area contributed by atoms with E-state index >= 15 is 0 Å². The third kappa shape index (κ3) is 4.09. The van der Waals surface area contributed by atoms with Gasteiger partial charge in [-0.2, -0.15) is 0 Å². The summed E-state index contributed by atoms with van der Waals surface area (Å²) < 4.78 is 0.760. The van der Waals surface area contributed by atoms with Crippen molar-refractivity contribution in [2.24, 2.45) is 0 Å². The molecule has 2 aromatic rings. The summed E-state index contributed by atoms with van der Waals surface area (Å²) in [4.78, 5) is 42.8. The zero-order chi connectivity index (χ0) is 21.3. The number of carbonyl (C=O) groups is 3. The van der Waals surface area contributed by atoms with Gasteiger partial charge in [0, 0.05) is 43.6 Å². The molecule has 0 radical (unpaired) electrons. The maximum absolute atomic E-state index is 12.6. The van der Waals surface area contributed by atoms with Crippen LogP contribution in [0.4, 0.5) is 5.69 Å². The minimum Gasteiger partial charge on any atom is -0.367 e. The van der Waals surface area contributed by atoms with Gasteiger partial charge < -0.3 is 9.80 Å². The first-order chi connectivity index (χ1) is 14.5. The molecule has 0 saturated carbocycles. The van der Waals surface area contributed by atoms with E-state index in [0.717, 1.165) is 23.2 Å². The largest absolute Gasteiger partial charge is 0.367 e. The molecule has 1 saturated heterocycles. The van der Waals surface area contributed by atoms with Gasteiger partial charge in [-0.15, -0.1) is 0 Å². The van der Waals surface area contributed by atoms with Gasteiger partial charge in [0.15, 0.2) is 0 Å². The molecule has 1 fully saturated rings. The average molecular weight is 491 g/mol. The van der Waals surface area contributed by atoms with Gasteiger partial charge in [0.25, 0.3) is 11.8 Å². The summed E-state index contributed by atoms with van der Waals surface area (Å²) >= 11 is 9.60. The SMILES string of the molecule is O=C(CCCN1C(=O)c2ccc(Br)cc2C1=O)N1CCN(c2ccccc2Cl)CC1. The van der Waals surface area contributed by atoms with Crippen LogP contribution in [-0.4, -0.2) is 60.2 Å². The molecule has 8 heteroatoms. The average Bonchev–Trinajstić information content (AvgIpc) is 2.98. The van der Waals surface area contributed by atoms with E-state index in [9.17, 15) is 14.4 Å². The molecule has 0 bridgehead atoms. The van der Waals surface area contributed by atoms with Gasteiger partial charge in [-0.1, -0.05) is 39.7 Å². The number of halogens is 2. The summed E-state index contributed by atoms with van der Waals surface area (Å²) in [5, 5.41) is 0.713. The zero-order valence-corrected chi connectivity index (χ0v) is 18.7. The minimum atomic E-state index is -0.294. The van der Waals surface area contributed by atoms with Crippen molar-refractivity contribution in [2.45, 2.75) is 12.8 Å². The number of imide groups is 1. The van der Waals surface area contributed by atoms with Crippen molar-refractivity contribution in [1.29, 1.82) is 0 Å². The Hall–Kier alpha value is -2.38. The Bertz CT molecular complexity index is 1000. The van der Waals surface area contributed by atoms with Gasteiger partial charge in [0.2, 0.25) is 5.91 Å². The van der Waals surface area contributed by atoms with Crippen molar-refractivity contribution in [3.63, 3.8) is 0 Å². The molecular formula is C22H21BrClN3O3. The van der Waals surface area contributed by atoms with Gasteiger partial charge in [0.1, 0.15) is 0 Å². The smallest absolute Gasteiger partial charge is 0.261 e. The molecule has 0 aromatic heterocycles. The Morgan fingerprint density at radius 2 is 1.67 bits per heavy atom. The number of para-hydroxylation sites is 1. The maximum atomic E-state index is 12.6. The van der Waals surface area contributed by atoms with Crippen LogP contribution in [0.2, 0.25) is 5.02 Å². The van der Waals surface area contributed by atoms with Crippen LogP contribution < -0.4 is 4.90 Å². The molecule has 0 spiro atoms. The normalized spacial score (nSPS) is 16.3. The van der Waals surface area contributed by atoms with Gasteiger partial charge >= 0.3 is 0 Å². The monoisotopic (exact) mass is 489 g/mol. The Morgan fingerprint density at radius 1 is 0.967 bits per heavy atom. The van der Waals surface area contributed by atoms with Gasteiger partial charge in [-0.05, 0) is 36.8 Å². The predicted molar refractivity (Wildman–Crippen MR) is 119 cm³/mol. The molecular weight excluding hydrogens is 470 g/mol. The highest BCUT2D eigenvalue weighted by molar-refractivity contribution is 9.10. The lowest BCUT2D eigenvalue weighted by molar-refractivity contribution is -0.131. The summed E-state index contributed by atoms with van der Waals surface area (Å²) in [6.45, 7) is 2.96. The number of carbonyl (C=O) groups excluding carboxylic acids is 3. The van der Waals surface area contributed by atoms with Crippen LogP contribution in [0.15, 0.2) is 46.9 Å². The Morgan fingerprint density at radius 3 is 2.40 bits per heavy atom. The van der Waals surface area contributed by atoms with Crippen molar-refractivity contribution in [1.82, 2.24) is 9.80 Å². The highest BCUT2D eigenvalue weighted by Crippen LogP contribution is 2.27. The van der Waals surface area contributed by atoms with Crippen LogP contribution in [0.5, 0.6) is 0 Å². The Balaban J connectivity index is 1.27. The number of hydrogen-bond donors (Lipinski definition) is 0. The second-order valence-corrected chi connectivity index (χ2v) is 8.70. The van der Waals surface area contributed by atoms with Crippen molar-refractivity contribution >= 4 is 50.9 Å². The van der Waals surface area contributed by atoms with Crippen molar-refractivity contribution in [3.05, 3.63) is 63.1 Å². The molecule has 2 aromatic carbocycles. The van der Waals surface area contributed by atoms with Crippen LogP contribution in [0, 0.1) is 0 Å². The van der Waals surface area contributed by atoms with Crippen LogP contribution in [0.25, 0.3) is 0 Å². The summed E-state index contributed by atoms with van der Waals surface area (Å²) in [6.07, 6.45) is 0.763. The lowest BCUT2D eigenvalue weighted by Gasteiger charge is -2.36. The first-order valence-electron chi connectivity index (χ1n) is 9.88. The number of hydrogen-bond acceptors (Lipinski definition) is 4. The van der Waals surface area contributed by atoms with Crippen LogP contribution in [0.1, 0.15) is 33.6 Å². The molecule has 2 heterocycles. The van der Waals surface area contributed by atoms with Crippen LogP contribution in [-0.2, 0) is 4.79 Å². The predicted octanol–water partition coefficient (Wildman–Crippen LogP) is 3.83. The topological polar surface area (TPSA) is 60.9 Å². The number of rotatable bonds is 5. The fourth-order valence-corrected chi connectivity index (χ4v) is 4.53. The van der Waals surface area contributed by atoms with Gasteiger partial charge in [-0.3, -0.25) is 19.3 Å². The number of fused-ring (bicyclic) bond motifs is 1. The molecule has 3 amide bonds. The van der Waals surface area contributed by atoms with Gasteiger partial charge in [-0.25, -0.2) is 0 Å². The summed E-state index contributed by atoms with van der Waals surface area (Å²) in [5.74, 6) is -0.534. The van der Waals surface area contributed by atoms with E-state index in [4.69, 9.17) is 11.6 Å². The lowest BCUT2D eigenvalue weighted by atomic mass is 10.1. The number of nitrogens with zero attached hydrogens (tertiary/aromatic N) is 3. The van der Waals surface area contributed by atoms with E-state index in [2.05, 4.69) is 20.8 Å². The third-order valence-electron chi connectivity index (χ3n) is 5.53. The van der Waals surface area contributed by atoms with E-state index in [1.807, 2.05) is 29.2 Å². The summed E-state index contributed by atoms with van der Waals surface area (Å²) in [6, 6.07) is 12.8. The van der Waals surface area contributed by atoms with Crippen molar-refractivity contribution in [2.75, 3.05) is 37.6 Å². The van der Waals surface area contributed by atoms with Gasteiger partial charge in [0.05, 0.1) is 21.8 Å². The van der Waals surface area contributed by atoms with E-state index in [1.54, 1.807) is 18.2 Å². The molecule has 0 unspecified atom stereocenters. The number of benzene rings is 2. The first-order valence-corrected chi connectivity index (χ1v) is 11.1. The fraction of sp³-hybridized carbons (Fsp3) is 0.318. The van der Waals surface area contributed by atoms with Crippen molar-refractivity contribution < 1.29 is 14.4 Å². The molecule has 0 N–H and O–H groups in total. The number of amides is 3. The molecule has 0 aliphatic carbocycles. The minimum absolute atomic E-state index is 0.0492. The number of piperazine rings is 1. The maximum Gasteiger partial charge on any atom is 0.261 e. The summed E-state index contributed by atoms with van der Waals surface area (Å²) in [5.41, 5.74) is 1.82.